The summed E-state index contributed by atoms with van der Waals surface area (Å²) in [5, 5.41) is 0. The zero-order valence-corrected chi connectivity index (χ0v) is 13.0. The van der Waals surface area contributed by atoms with Gasteiger partial charge in [-0.25, -0.2) is 4.98 Å². The summed E-state index contributed by atoms with van der Waals surface area (Å²) >= 11 is 0. The van der Waals surface area contributed by atoms with Gasteiger partial charge in [0.1, 0.15) is 5.82 Å². The Bertz CT molecular complexity index is 1020. The summed E-state index contributed by atoms with van der Waals surface area (Å²) < 4.78 is 40.2. The first-order valence-corrected chi connectivity index (χ1v) is 7.74. The lowest BCUT2D eigenvalue weighted by molar-refractivity contribution is -0.137. The molecule has 0 saturated heterocycles. The van der Waals surface area contributed by atoms with Crippen LogP contribution in [0.25, 0.3) is 28.2 Å². The second-order valence-corrected chi connectivity index (χ2v) is 5.68. The number of imidazole rings is 1. The van der Waals surface area contributed by atoms with Crippen LogP contribution in [-0.4, -0.2) is 9.38 Å². The van der Waals surface area contributed by atoms with Crippen LogP contribution in [0.1, 0.15) is 5.56 Å². The van der Waals surface area contributed by atoms with E-state index in [1.54, 1.807) is 0 Å². The van der Waals surface area contributed by atoms with Crippen LogP contribution in [0.3, 0.4) is 0 Å². The largest absolute Gasteiger partial charge is 0.416 e. The summed E-state index contributed by atoms with van der Waals surface area (Å²) in [6.45, 7) is 0. The minimum absolute atomic E-state index is 0.614. The number of nitrogens with zero attached hydrogens (tertiary/aromatic N) is 2. The van der Waals surface area contributed by atoms with Gasteiger partial charge in [0.05, 0.1) is 16.8 Å². The van der Waals surface area contributed by atoms with Gasteiger partial charge >= 0.3 is 6.18 Å². The predicted octanol–water partition coefficient (Wildman–Crippen LogP) is 5.69. The predicted molar refractivity (Wildman–Crippen MR) is 91.1 cm³/mol. The highest BCUT2D eigenvalue weighted by Crippen LogP contribution is 2.33. The van der Waals surface area contributed by atoms with Crippen molar-refractivity contribution in [3.8, 4) is 22.6 Å². The molecule has 2 aromatic heterocycles. The fraction of sp³-hybridized carbons (Fsp3) is 0.0500. The van der Waals surface area contributed by atoms with Crippen molar-refractivity contribution in [1.82, 2.24) is 9.38 Å². The summed E-state index contributed by atoms with van der Waals surface area (Å²) in [6, 6.07) is 20.5. The fourth-order valence-electron chi connectivity index (χ4n) is 2.86. The van der Waals surface area contributed by atoms with E-state index in [1.165, 1.54) is 12.1 Å². The van der Waals surface area contributed by atoms with Gasteiger partial charge in [-0.05, 0) is 24.3 Å². The molecule has 0 unspecified atom stereocenters. The molecule has 0 radical (unpaired) electrons. The fourth-order valence-corrected chi connectivity index (χ4v) is 2.86. The van der Waals surface area contributed by atoms with E-state index in [1.807, 2.05) is 59.1 Å². The van der Waals surface area contributed by atoms with E-state index in [0.29, 0.717) is 11.4 Å². The van der Waals surface area contributed by atoms with E-state index in [0.717, 1.165) is 28.9 Å². The minimum atomic E-state index is -4.34. The van der Waals surface area contributed by atoms with Gasteiger partial charge in [0.25, 0.3) is 0 Å². The van der Waals surface area contributed by atoms with E-state index in [9.17, 15) is 13.2 Å². The molecule has 0 amide bonds. The maximum absolute atomic E-state index is 12.8. The van der Waals surface area contributed by atoms with Gasteiger partial charge in [-0.1, -0.05) is 48.5 Å². The average Bonchev–Trinajstić information content (AvgIpc) is 3.02. The highest BCUT2D eigenvalue weighted by Gasteiger charge is 2.30. The summed E-state index contributed by atoms with van der Waals surface area (Å²) in [7, 11) is 0. The number of rotatable bonds is 2. The van der Waals surface area contributed by atoms with E-state index in [4.69, 9.17) is 4.98 Å². The third kappa shape index (κ3) is 2.78. The molecule has 4 rings (SSSR count). The van der Waals surface area contributed by atoms with Gasteiger partial charge < -0.3 is 0 Å². The standard InChI is InChI=1S/C20H13F3N2/c21-20(22,23)16-11-9-15(10-12-16)19-24-18(14-6-2-1-3-7-14)17-8-4-5-13-25(17)19/h1-13H. The van der Waals surface area contributed by atoms with Gasteiger partial charge in [-0.15, -0.1) is 0 Å². The topological polar surface area (TPSA) is 17.3 Å². The van der Waals surface area contributed by atoms with Crippen molar-refractivity contribution in [2.75, 3.05) is 0 Å². The van der Waals surface area contributed by atoms with Crippen LogP contribution < -0.4 is 0 Å². The second kappa shape index (κ2) is 5.77. The first-order valence-electron chi connectivity index (χ1n) is 7.74. The van der Waals surface area contributed by atoms with Gasteiger partial charge in [-0.3, -0.25) is 4.40 Å². The van der Waals surface area contributed by atoms with Crippen molar-refractivity contribution < 1.29 is 13.2 Å². The maximum atomic E-state index is 12.8. The summed E-state index contributed by atoms with van der Waals surface area (Å²) in [6.07, 6.45) is -2.48. The number of halogens is 3. The van der Waals surface area contributed by atoms with Gasteiger partial charge in [-0.2, -0.15) is 13.2 Å². The summed E-state index contributed by atoms with van der Waals surface area (Å²) in [5.74, 6) is 0.614. The van der Waals surface area contributed by atoms with Gasteiger partial charge in [0, 0.05) is 17.3 Å². The number of hydrogen-bond donors (Lipinski definition) is 0. The number of pyridine rings is 1. The Morgan fingerprint density at radius 3 is 2.08 bits per heavy atom. The normalized spacial score (nSPS) is 11.8. The molecule has 2 aromatic carbocycles. The van der Waals surface area contributed by atoms with Crippen molar-refractivity contribution in [2.45, 2.75) is 6.18 Å². The molecule has 25 heavy (non-hydrogen) atoms. The molecule has 0 bridgehead atoms. The first kappa shape index (κ1) is 15.4. The maximum Gasteiger partial charge on any atom is 0.416 e. The molecule has 2 nitrogen and oxygen atoms in total. The average molecular weight is 338 g/mol. The van der Waals surface area contributed by atoms with Gasteiger partial charge in [0.2, 0.25) is 0 Å². The van der Waals surface area contributed by atoms with Crippen LogP contribution in [0.15, 0.2) is 79.0 Å². The molecule has 0 aliphatic heterocycles. The molecule has 0 aliphatic carbocycles. The molecule has 4 aromatic rings. The molecule has 2 heterocycles. The number of aromatic nitrogens is 2. The van der Waals surface area contributed by atoms with Crippen LogP contribution in [0.5, 0.6) is 0 Å². The number of fused-ring (bicyclic) bond motifs is 1. The Morgan fingerprint density at radius 1 is 0.720 bits per heavy atom. The molecule has 0 aliphatic rings. The van der Waals surface area contributed by atoms with Gasteiger partial charge in [0.15, 0.2) is 0 Å². The Balaban J connectivity index is 1.88. The van der Waals surface area contributed by atoms with E-state index >= 15 is 0 Å². The zero-order chi connectivity index (χ0) is 17.4. The van der Waals surface area contributed by atoms with Crippen molar-refractivity contribution in [3.05, 3.63) is 84.6 Å². The Kier molecular flexibility index (Phi) is 3.57. The SMILES string of the molecule is FC(F)(F)c1ccc(-c2nc(-c3ccccc3)c3ccccn23)cc1. The summed E-state index contributed by atoms with van der Waals surface area (Å²) in [5.41, 5.74) is 2.64. The monoisotopic (exact) mass is 338 g/mol. The van der Waals surface area contributed by atoms with Crippen molar-refractivity contribution in [1.29, 1.82) is 0 Å². The van der Waals surface area contributed by atoms with E-state index in [-0.39, 0.29) is 0 Å². The zero-order valence-electron chi connectivity index (χ0n) is 13.0. The third-order valence-electron chi connectivity index (χ3n) is 4.07. The highest BCUT2D eigenvalue weighted by molar-refractivity contribution is 5.81. The molecule has 0 fully saturated rings. The Labute approximate surface area is 142 Å². The van der Waals surface area contributed by atoms with Crippen molar-refractivity contribution >= 4 is 5.52 Å². The third-order valence-corrected chi connectivity index (χ3v) is 4.07. The number of alkyl halides is 3. The first-order chi connectivity index (χ1) is 12.0. The van der Waals surface area contributed by atoms with Crippen molar-refractivity contribution in [3.63, 3.8) is 0 Å². The molecule has 0 spiro atoms. The lowest BCUT2D eigenvalue weighted by atomic mass is 10.1. The van der Waals surface area contributed by atoms with Crippen LogP contribution in [0.2, 0.25) is 0 Å². The van der Waals surface area contributed by atoms with Crippen LogP contribution >= 0.6 is 0 Å². The smallest absolute Gasteiger partial charge is 0.299 e. The molecule has 0 N–H and O–H groups in total. The lowest BCUT2D eigenvalue weighted by Crippen LogP contribution is -2.04. The quantitative estimate of drug-likeness (QED) is 0.459. The Morgan fingerprint density at radius 2 is 1.40 bits per heavy atom. The highest BCUT2D eigenvalue weighted by atomic mass is 19.4. The summed E-state index contributed by atoms with van der Waals surface area (Å²) in [4.78, 5) is 4.70. The second-order valence-electron chi connectivity index (χ2n) is 5.68. The molecular formula is C20H13F3N2. The molecule has 124 valence electrons. The van der Waals surface area contributed by atoms with Crippen LogP contribution in [0, 0.1) is 0 Å². The minimum Gasteiger partial charge on any atom is -0.299 e. The Hall–Kier alpha value is -3.08. The molecule has 0 saturated carbocycles. The van der Waals surface area contributed by atoms with Crippen molar-refractivity contribution in [2.24, 2.45) is 0 Å². The molecule has 5 heteroatoms. The molecular weight excluding hydrogens is 325 g/mol. The van der Waals surface area contributed by atoms with Crippen LogP contribution in [-0.2, 0) is 6.18 Å². The number of hydrogen-bond acceptors (Lipinski definition) is 1. The van der Waals surface area contributed by atoms with E-state index in [2.05, 4.69) is 0 Å². The van der Waals surface area contributed by atoms with Crippen LogP contribution in [0.4, 0.5) is 13.2 Å². The lowest BCUT2D eigenvalue weighted by Gasteiger charge is -2.07. The molecule has 0 atom stereocenters. The number of benzene rings is 2. The van der Waals surface area contributed by atoms with E-state index < -0.39 is 11.7 Å².